The highest BCUT2D eigenvalue weighted by Gasteiger charge is 2.50. The Bertz CT molecular complexity index is 1190. The third kappa shape index (κ3) is 3.01. The molecule has 2 N–H and O–H groups in total. The maximum absolute atomic E-state index is 13.9. The summed E-state index contributed by atoms with van der Waals surface area (Å²) < 4.78 is 35.8. The van der Waals surface area contributed by atoms with E-state index in [2.05, 4.69) is 19.4 Å². The molecular formula is C21H24F2N8O. The molecule has 11 heteroatoms. The lowest BCUT2D eigenvalue weighted by Gasteiger charge is -2.30. The van der Waals surface area contributed by atoms with Gasteiger partial charge in [-0.05, 0) is 25.7 Å². The van der Waals surface area contributed by atoms with Gasteiger partial charge < -0.3 is 19.9 Å². The number of fused-ring (bicyclic) bond motifs is 4. The average Bonchev–Trinajstić information content (AvgIpc) is 3.37. The van der Waals surface area contributed by atoms with Crippen molar-refractivity contribution in [1.29, 1.82) is 0 Å². The van der Waals surface area contributed by atoms with E-state index in [0.29, 0.717) is 54.6 Å². The highest BCUT2D eigenvalue weighted by molar-refractivity contribution is 5.86. The van der Waals surface area contributed by atoms with E-state index in [1.165, 1.54) is 0 Å². The van der Waals surface area contributed by atoms with Gasteiger partial charge >= 0.3 is 0 Å². The van der Waals surface area contributed by atoms with Gasteiger partial charge in [-0.25, -0.2) is 33.7 Å². The summed E-state index contributed by atoms with van der Waals surface area (Å²) in [6.07, 6.45) is 3.05. The van der Waals surface area contributed by atoms with Crippen LogP contribution >= 0.6 is 0 Å². The second-order valence-electron chi connectivity index (χ2n) is 9.51. The Hall–Kier alpha value is -2.95. The summed E-state index contributed by atoms with van der Waals surface area (Å²) in [5.41, 5.74) is 7.09. The molecule has 1 saturated carbocycles. The van der Waals surface area contributed by atoms with Gasteiger partial charge in [0, 0.05) is 44.9 Å². The lowest BCUT2D eigenvalue weighted by molar-refractivity contribution is -0.0530. The Morgan fingerprint density at radius 3 is 2.44 bits per heavy atom. The molecule has 0 aromatic carbocycles. The molecular weight excluding hydrogens is 418 g/mol. The molecule has 3 aromatic rings. The number of hydrogen-bond donors (Lipinski definition) is 1. The largest absolute Gasteiger partial charge is 0.368 e. The van der Waals surface area contributed by atoms with E-state index in [9.17, 15) is 8.78 Å². The maximum atomic E-state index is 13.9. The van der Waals surface area contributed by atoms with E-state index in [0.717, 1.165) is 5.82 Å². The van der Waals surface area contributed by atoms with Crippen molar-refractivity contribution >= 4 is 22.9 Å². The lowest BCUT2D eigenvalue weighted by atomic mass is 10.0. The fraction of sp³-hybridized carbons (Fsp3) is 0.571. The highest BCUT2D eigenvalue weighted by atomic mass is 19.3. The number of alkyl halides is 2. The first-order chi connectivity index (χ1) is 15.2. The SMILES string of the molecule is CC1(C)OCCn2c1nc1c(N3CC4CC(F)(F)CC4C3)nc(-c3cnc(N)nc3)nc12. The normalized spacial score (nSPS) is 25.8. The predicted molar refractivity (Wildman–Crippen MR) is 113 cm³/mol. The smallest absolute Gasteiger partial charge is 0.248 e. The predicted octanol–water partition coefficient (Wildman–Crippen LogP) is 2.61. The topological polar surface area (TPSA) is 108 Å². The van der Waals surface area contributed by atoms with E-state index >= 15 is 0 Å². The fourth-order valence-corrected chi connectivity index (χ4v) is 5.34. The van der Waals surface area contributed by atoms with Crippen LogP contribution in [0.5, 0.6) is 0 Å². The summed E-state index contributed by atoms with van der Waals surface area (Å²) in [5, 5.41) is 0. The monoisotopic (exact) mass is 442 g/mol. The van der Waals surface area contributed by atoms with E-state index in [4.69, 9.17) is 25.4 Å². The van der Waals surface area contributed by atoms with Crippen LogP contribution in [0.3, 0.4) is 0 Å². The molecule has 2 aliphatic heterocycles. The second-order valence-corrected chi connectivity index (χ2v) is 9.51. The molecule has 5 heterocycles. The lowest BCUT2D eigenvalue weighted by Crippen LogP contribution is -2.33. The van der Waals surface area contributed by atoms with Crippen molar-refractivity contribution in [2.75, 3.05) is 30.3 Å². The van der Waals surface area contributed by atoms with Gasteiger partial charge in [0.2, 0.25) is 11.9 Å². The van der Waals surface area contributed by atoms with Crippen molar-refractivity contribution in [3.63, 3.8) is 0 Å². The maximum Gasteiger partial charge on any atom is 0.248 e. The minimum absolute atomic E-state index is 0.0460. The third-order valence-electron chi connectivity index (χ3n) is 6.82. The van der Waals surface area contributed by atoms with Crippen LogP contribution in [0.2, 0.25) is 0 Å². The Morgan fingerprint density at radius 1 is 1.06 bits per heavy atom. The van der Waals surface area contributed by atoms with Gasteiger partial charge in [0.15, 0.2) is 22.8 Å². The molecule has 0 radical (unpaired) electrons. The van der Waals surface area contributed by atoms with Crippen LogP contribution in [0.1, 0.15) is 32.5 Å². The molecule has 2 fully saturated rings. The summed E-state index contributed by atoms with van der Waals surface area (Å²) in [5.74, 6) is -0.580. The number of imidazole rings is 1. The zero-order valence-corrected chi connectivity index (χ0v) is 17.9. The quantitative estimate of drug-likeness (QED) is 0.645. The molecule has 9 nitrogen and oxygen atoms in total. The van der Waals surface area contributed by atoms with Gasteiger partial charge in [0.25, 0.3) is 0 Å². The molecule has 2 unspecified atom stereocenters. The first-order valence-electron chi connectivity index (χ1n) is 10.8. The van der Waals surface area contributed by atoms with Gasteiger partial charge in [-0.2, -0.15) is 0 Å². The van der Waals surface area contributed by atoms with Gasteiger partial charge in [0.1, 0.15) is 11.4 Å². The van der Waals surface area contributed by atoms with Crippen LogP contribution in [0, 0.1) is 11.8 Å². The van der Waals surface area contributed by atoms with Gasteiger partial charge in [-0.1, -0.05) is 0 Å². The van der Waals surface area contributed by atoms with Crippen LogP contribution in [0.15, 0.2) is 12.4 Å². The number of ether oxygens (including phenoxy) is 1. The molecule has 0 bridgehead atoms. The van der Waals surface area contributed by atoms with Gasteiger partial charge in [-0.15, -0.1) is 0 Å². The van der Waals surface area contributed by atoms with Crippen LogP contribution < -0.4 is 10.6 Å². The van der Waals surface area contributed by atoms with E-state index in [-0.39, 0.29) is 30.6 Å². The van der Waals surface area contributed by atoms with Crippen molar-refractivity contribution in [3.05, 3.63) is 18.2 Å². The molecule has 2 atom stereocenters. The third-order valence-corrected chi connectivity index (χ3v) is 6.82. The number of halogens is 2. The van der Waals surface area contributed by atoms with E-state index in [1.54, 1.807) is 12.4 Å². The summed E-state index contributed by atoms with van der Waals surface area (Å²) in [4.78, 5) is 24.8. The number of hydrogen-bond acceptors (Lipinski definition) is 8. The van der Waals surface area contributed by atoms with Crippen LogP contribution in [0.4, 0.5) is 20.5 Å². The first kappa shape index (κ1) is 19.7. The van der Waals surface area contributed by atoms with Gasteiger partial charge in [-0.3, -0.25) is 0 Å². The molecule has 32 heavy (non-hydrogen) atoms. The number of rotatable bonds is 2. The summed E-state index contributed by atoms with van der Waals surface area (Å²) >= 11 is 0. The van der Waals surface area contributed by atoms with Gasteiger partial charge in [0.05, 0.1) is 12.2 Å². The second kappa shape index (κ2) is 6.53. The fourth-order valence-electron chi connectivity index (χ4n) is 5.34. The Morgan fingerprint density at radius 2 is 1.75 bits per heavy atom. The Kier molecular flexibility index (Phi) is 4.02. The molecule has 168 valence electrons. The first-order valence-corrected chi connectivity index (χ1v) is 10.8. The zero-order chi connectivity index (χ0) is 22.3. The molecule has 1 saturated heterocycles. The highest BCUT2D eigenvalue weighted by Crippen LogP contribution is 2.48. The minimum Gasteiger partial charge on any atom is -0.368 e. The molecule has 3 aromatic heterocycles. The average molecular weight is 442 g/mol. The number of nitrogen functional groups attached to an aromatic ring is 1. The standard InChI is InChI=1S/C21H24F2N8O/c1-20(2)18-27-14-16(30-9-11-5-21(22,23)6-12(11)10-30)28-15(13-7-25-19(24)26-8-13)29-17(14)31(18)3-4-32-20/h7-8,11-12H,3-6,9-10H2,1-2H3,(H2,24,25,26). The van der Waals surface area contributed by atoms with Crippen LogP contribution in [-0.4, -0.2) is 55.1 Å². The van der Waals surface area contributed by atoms with E-state index < -0.39 is 11.5 Å². The van der Waals surface area contributed by atoms with Crippen LogP contribution in [0.25, 0.3) is 22.6 Å². The van der Waals surface area contributed by atoms with E-state index in [1.807, 2.05) is 13.8 Å². The van der Waals surface area contributed by atoms with Crippen molar-refractivity contribution in [2.24, 2.45) is 11.8 Å². The Balaban J connectivity index is 1.50. The molecule has 1 aliphatic carbocycles. The minimum atomic E-state index is -2.57. The summed E-state index contributed by atoms with van der Waals surface area (Å²) in [6, 6.07) is 0. The van der Waals surface area contributed by atoms with Crippen molar-refractivity contribution in [2.45, 2.75) is 44.8 Å². The molecule has 0 amide bonds. The van der Waals surface area contributed by atoms with Crippen molar-refractivity contribution < 1.29 is 13.5 Å². The summed E-state index contributed by atoms with van der Waals surface area (Å²) in [7, 11) is 0. The summed E-state index contributed by atoms with van der Waals surface area (Å²) in [6.45, 7) is 6.20. The molecule has 6 rings (SSSR count). The number of anilines is 2. The molecule has 3 aliphatic rings. The molecule has 0 spiro atoms. The Labute approximate surface area is 183 Å². The number of aromatic nitrogens is 6. The van der Waals surface area contributed by atoms with Crippen molar-refractivity contribution in [1.82, 2.24) is 29.5 Å². The number of nitrogens with two attached hydrogens (primary N) is 1. The van der Waals surface area contributed by atoms with Crippen LogP contribution in [-0.2, 0) is 16.9 Å². The number of nitrogens with zero attached hydrogens (tertiary/aromatic N) is 7. The van der Waals surface area contributed by atoms with Crippen molar-refractivity contribution in [3.8, 4) is 11.4 Å². The zero-order valence-electron chi connectivity index (χ0n) is 17.9.